The van der Waals surface area contributed by atoms with Gasteiger partial charge in [-0.3, -0.25) is 9.48 Å². The monoisotopic (exact) mass is 417 g/mol. The summed E-state index contributed by atoms with van der Waals surface area (Å²) >= 11 is 0. The van der Waals surface area contributed by atoms with Gasteiger partial charge in [0.25, 0.3) is 0 Å². The van der Waals surface area contributed by atoms with Crippen LogP contribution >= 0.6 is 0 Å². The summed E-state index contributed by atoms with van der Waals surface area (Å²) in [6, 6.07) is 6.55. The normalized spacial score (nSPS) is 21.9. The number of aromatic amines is 1. The summed E-state index contributed by atoms with van der Waals surface area (Å²) < 4.78 is 1.79. The lowest BCUT2D eigenvalue weighted by atomic mass is 9.82. The van der Waals surface area contributed by atoms with Crippen molar-refractivity contribution in [2.45, 2.75) is 25.7 Å². The van der Waals surface area contributed by atoms with Crippen LogP contribution in [-0.4, -0.2) is 56.7 Å². The van der Waals surface area contributed by atoms with Crippen molar-refractivity contribution < 1.29 is 4.79 Å². The van der Waals surface area contributed by atoms with E-state index < -0.39 is 0 Å². The smallest absolute Gasteiger partial charge is 0.225 e. The quantitative estimate of drug-likeness (QED) is 0.707. The first kappa shape index (κ1) is 19.6. The number of aromatic nitrogens is 4. The van der Waals surface area contributed by atoms with Crippen molar-refractivity contribution in [3.63, 3.8) is 0 Å². The number of amides is 1. The number of nitrogens with one attached hydrogen (secondary N) is 1. The number of rotatable bonds is 3. The van der Waals surface area contributed by atoms with Crippen molar-refractivity contribution in [1.29, 1.82) is 5.26 Å². The zero-order chi connectivity index (χ0) is 21.4. The number of anilines is 1. The number of carbonyl (C=O) groups excluding carboxylic acids is 1. The molecule has 4 heterocycles. The average molecular weight is 418 g/mol. The highest BCUT2D eigenvalue weighted by Crippen LogP contribution is 2.32. The predicted octanol–water partition coefficient (Wildman–Crippen LogP) is 2.94. The van der Waals surface area contributed by atoms with Gasteiger partial charge in [-0.15, -0.1) is 0 Å². The molecule has 2 aliphatic rings. The van der Waals surface area contributed by atoms with Gasteiger partial charge in [0.05, 0.1) is 18.0 Å². The van der Waals surface area contributed by atoms with Gasteiger partial charge in [-0.1, -0.05) is 0 Å². The van der Waals surface area contributed by atoms with Gasteiger partial charge in [0.15, 0.2) is 0 Å². The minimum Gasteiger partial charge on any atom is -0.367 e. The van der Waals surface area contributed by atoms with Crippen molar-refractivity contribution in [1.82, 2.24) is 24.6 Å². The maximum absolute atomic E-state index is 13.0. The minimum absolute atomic E-state index is 0.0931. The van der Waals surface area contributed by atoms with Crippen LogP contribution in [0.25, 0.3) is 22.3 Å². The van der Waals surface area contributed by atoms with E-state index in [1.54, 1.807) is 4.68 Å². The molecule has 1 N–H and O–H groups in total. The van der Waals surface area contributed by atoms with Crippen LogP contribution in [0.4, 0.5) is 5.69 Å². The molecule has 2 fully saturated rings. The second-order valence-corrected chi connectivity index (χ2v) is 8.67. The van der Waals surface area contributed by atoms with Crippen LogP contribution in [0.2, 0.25) is 0 Å². The summed E-state index contributed by atoms with van der Waals surface area (Å²) in [5, 5.41) is 14.4. The van der Waals surface area contributed by atoms with Crippen LogP contribution in [0.1, 0.15) is 25.7 Å². The zero-order valence-electron chi connectivity index (χ0n) is 17.8. The molecule has 1 amide bonds. The molecule has 0 unspecified atom stereocenters. The van der Waals surface area contributed by atoms with Crippen LogP contribution in [0.5, 0.6) is 0 Å². The molecule has 1 aliphatic heterocycles. The maximum atomic E-state index is 13.0. The Hall–Kier alpha value is -3.34. The molecule has 0 radical (unpaired) electrons. The highest BCUT2D eigenvalue weighted by atomic mass is 16.2. The molecule has 3 aromatic heterocycles. The maximum Gasteiger partial charge on any atom is 0.225 e. The molecule has 8 nitrogen and oxygen atoms in total. The molecule has 0 spiro atoms. The van der Waals surface area contributed by atoms with E-state index >= 15 is 0 Å². The van der Waals surface area contributed by atoms with E-state index in [4.69, 9.17) is 5.26 Å². The number of hydrogen-bond acceptors (Lipinski definition) is 5. The van der Waals surface area contributed by atoms with Crippen LogP contribution in [0, 0.1) is 23.2 Å². The first-order chi connectivity index (χ1) is 15.1. The lowest BCUT2D eigenvalue weighted by Gasteiger charge is -2.38. The summed E-state index contributed by atoms with van der Waals surface area (Å²) in [6.07, 6.45) is 9.08. The highest BCUT2D eigenvalue weighted by Gasteiger charge is 2.31. The fourth-order valence-corrected chi connectivity index (χ4v) is 4.90. The molecule has 1 saturated carbocycles. The molecule has 8 heteroatoms. The fourth-order valence-electron chi connectivity index (χ4n) is 4.90. The van der Waals surface area contributed by atoms with Gasteiger partial charge < -0.3 is 14.8 Å². The second kappa shape index (κ2) is 8.06. The Labute approximate surface area is 181 Å². The van der Waals surface area contributed by atoms with Gasteiger partial charge in [-0.25, -0.2) is 4.98 Å². The molecule has 1 saturated heterocycles. The standard InChI is InChI=1S/C23H27N7O/c1-28-15-18(14-26-28)20-12-19-21(6-7-25-22(19)27-20)29-8-10-30(11-9-29)23(31)17-4-2-16(13-24)3-5-17/h6-7,12,14-17H,2-5,8-11H2,1H3,(H,25,27). The van der Waals surface area contributed by atoms with Crippen LogP contribution in [-0.2, 0) is 11.8 Å². The third kappa shape index (κ3) is 3.76. The Morgan fingerprint density at radius 3 is 2.65 bits per heavy atom. The largest absolute Gasteiger partial charge is 0.367 e. The Morgan fingerprint density at radius 1 is 1.19 bits per heavy atom. The molecule has 1 aliphatic carbocycles. The number of nitriles is 1. The predicted molar refractivity (Wildman–Crippen MR) is 118 cm³/mol. The molecular weight excluding hydrogens is 390 g/mol. The van der Waals surface area contributed by atoms with Crippen LogP contribution < -0.4 is 4.90 Å². The Morgan fingerprint density at radius 2 is 1.97 bits per heavy atom. The summed E-state index contributed by atoms with van der Waals surface area (Å²) in [7, 11) is 1.91. The van der Waals surface area contributed by atoms with Gasteiger partial charge in [-0.05, 0) is 37.8 Å². The van der Waals surface area contributed by atoms with Crippen molar-refractivity contribution in [3.8, 4) is 17.3 Å². The molecule has 3 aromatic rings. The lowest BCUT2D eigenvalue weighted by molar-refractivity contribution is -0.137. The van der Waals surface area contributed by atoms with Crippen molar-refractivity contribution in [2.24, 2.45) is 18.9 Å². The zero-order valence-corrected chi connectivity index (χ0v) is 17.8. The molecular formula is C23H27N7O. The minimum atomic E-state index is 0.0931. The van der Waals surface area contributed by atoms with Crippen LogP contribution in [0.3, 0.4) is 0 Å². The Balaban J connectivity index is 1.28. The third-order valence-corrected chi connectivity index (χ3v) is 6.72. The van der Waals surface area contributed by atoms with E-state index in [2.05, 4.69) is 38.2 Å². The van der Waals surface area contributed by atoms with Gasteiger partial charge in [0, 0.05) is 74.1 Å². The summed E-state index contributed by atoms with van der Waals surface area (Å²) in [4.78, 5) is 25.2. The molecule has 5 rings (SSSR count). The number of fused-ring (bicyclic) bond motifs is 1. The first-order valence-electron chi connectivity index (χ1n) is 11.0. The van der Waals surface area contributed by atoms with E-state index in [0.29, 0.717) is 0 Å². The van der Waals surface area contributed by atoms with Crippen LogP contribution in [0.15, 0.2) is 30.7 Å². The molecule has 0 bridgehead atoms. The molecule has 31 heavy (non-hydrogen) atoms. The van der Waals surface area contributed by atoms with Crippen molar-refractivity contribution in [3.05, 3.63) is 30.7 Å². The van der Waals surface area contributed by atoms with E-state index in [-0.39, 0.29) is 17.7 Å². The van der Waals surface area contributed by atoms with Crippen molar-refractivity contribution >= 4 is 22.6 Å². The fraction of sp³-hybridized carbons (Fsp3) is 0.478. The number of nitrogens with zero attached hydrogens (tertiary/aromatic N) is 6. The van der Waals surface area contributed by atoms with Gasteiger partial charge in [0.1, 0.15) is 5.65 Å². The summed E-state index contributed by atoms with van der Waals surface area (Å²) in [5.41, 5.74) is 4.06. The van der Waals surface area contributed by atoms with Gasteiger partial charge in [0.2, 0.25) is 5.91 Å². The summed E-state index contributed by atoms with van der Waals surface area (Å²) in [6.45, 7) is 3.10. The summed E-state index contributed by atoms with van der Waals surface area (Å²) in [5.74, 6) is 0.500. The number of piperazine rings is 1. The van der Waals surface area contributed by atoms with E-state index in [0.717, 1.165) is 79.8 Å². The number of aryl methyl sites for hydroxylation is 1. The van der Waals surface area contributed by atoms with E-state index in [1.807, 2.05) is 30.5 Å². The van der Waals surface area contributed by atoms with E-state index in [1.165, 1.54) is 0 Å². The molecule has 160 valence electrons. The molecule has 0 aromatic carbocycles. The third-order valence-electron chi connectivity index (χ3n) is 6.72. The number of hydrogen-bond donors (Lipinski definition) is 1. The van der Waals surface area contributed by atoms with E-state index in [9.17, 15) is 4.79 Å². The number of pyridine rings is 1. The van der Waals surface area contributed by atoms with Gasteiger partial charge >= 0.3 is 0 Å². The van der Waals surface area contributed by atoms with Crippen molar-refractivity contribution in [2.75, 3.05) is 31.1 Å². The molecule has 0 atom stereocenters. The number of H-pyrrole nitrogens is 1. The Kier molecular flexibility index (Phi) is 5.10. The topological polar surface area (TPSA) is 93.8 Å². The SMILES string of the molecule is Cn1cc(-c2cc3c(N4CCN(C(=O)C5CCC(C#N)CC5)CC4)ccnc3[nH]2)cn1. The lowest BCUT2D eigenvalue weighted by Crippen LogP contribution is -2.50. The highest BCUT2D eigenvalue weighted by molar-refractivity contribution is 5.93. The number of carbonyl (C=O) groups is 1. The second-order valence-electron chi connectivity index (χ2n) is 8.67. The Bertz CT molecular complexity index is 1120. The average Bonchev–Trinajstić information content (AvgIpc) is 3.45. The first-order valence-corrected chi connectivity index (χ1v) is 11.0. The van der Waals surface area contributed by atoms with Gasteiger partial charge in [-0.2, -0.15) is 10.4 Å².